The topological polar surface area (TPSA) is 85.2 Å². The van der Waals surface area contributed by atoms with Crippen LogP contribution in [-0.4, -0.2) is 61.7 Å². The number of nitrogens with one attached hydrogen (secondary N) is 1. The Balaban J connectivity index is 1.50. The van der Waals surface area contributed by atoms with Gasteiger partial charge in [-0.15, -0.1) is 0 Å². The maximum absolute atomic E-state index is 13.5. The number of alkyl halides is 2. The monoisotopic (exact) mass is 434 g/mol. The standard InChI is InChI=1S/C21H28F2N6O2/c1-14-5-12-29(27-14)18-13-19(31-17-6-10-28(11-7-17)15(2)30)26-20(25-18)24-16-3-8-21(22,23)9-4-16/h5,12-13,16-17H,3-4,6-11H2,1-2H3,(H,24,25,26). The molecule has 0 aromatic carbocycles. The molecule has 10 heteroatoms. The predicted octanol–water partition coefficient (Wildman–Crippen LogP) is 3.35. The number of rotatable bonds is 5. The Labute approximate surface area is 180 Å². The maximum atomic E-state index is 13.5. The van der Waals surface area contributed by atoms with Gasteiger partial charge in [-0.2, -0.15) is 15.1 Å². The highest BCUT2D eigenvalue weighted by Crippen LogP contribution is 2.34. The molecular weight excluding hydrogens is 406 g/mol. The Morgan fingerprint density at radius 2 is 1.90 bits per heavy atom. The second-order valence-corrected chi connectivity index (χ2v) is 8.39. The maximum Gasteiger partial charge on any atom is 0.248 e. The lowest BCUT2D eigenvalue weighted by atomic mass is 9.92. The van der Waals surface area contributed by atoms with Gasteiger partial charge >= 0.3 is 0 Å². The SMILES string of the molecule is CC(=O)N1CCC(Oc2cc(-n3ccc(C)n3)nc(NC3CCC(F)(F)CC3)n2)CC1. The first-order valence-corrected chi connectivity index (χ1v) is 10.8. The number of nitrogens with zero attached hydrogens (tertiary/aromatic N) is 5. The molecule has 1 N–H and O–H groups in total. The number of carbonyl (C=O) groups excluding carboxylic acids is 1. The van der Waals surface area contributed by atoms with Crippen LogP contribution in [0.4, 0.5) is 14.7 Å². The molecule has 4 rings (SSSR count). The minimum absolute atomic E-state index is 0.0565. The van der Waals surface area contributed by atoms with Crippen molar-refractivity contribution in [2.75, 3.05) is 18.4 Å². The number of aromatic nitrogens is 4. The molecule has 168 valence electrons. The highest BCUT2D eigenvalue weighted by Gasteiger charge is 2.35. The van der Waals surface area contributed by atoms with E-state index in [4.69, 9.17) is 4.74 Å². The number of aryl methyl sites for hydroxylation is 1. The van der Waals surface area contributed by atoms with Gasteiger partial charge in [-0.25, -0.2) is 13.5 Å². The second-order valence-electron chi connectivity index (χ2n) is 8.39. The number of amides is 1. The number of likely N-dealkylation sites (tertiary alicyclic amines) is 1. The summed E-state index contributed by atoms with van der Waals surface area (Å²) in [4.78, 5) is 22.4. The van der Waals surface area contributed by atoms with E-state index in [-0.39, 0.29) is 30.9 Å². The van der Waals surface area contributed by atoms with Gasteiger partial charge in [0.1, 0.15) is 6.10 Å². The number of anilines is 1. The summed E-state index contributed by atoms with van der Waals surface area (Å²) in [5, 5.41) is 7.61. The lowest BCUT2D eigenvalue weighted by Crippen LogP contribution is -2.40. The van der Waals surface area contributed by atoms with E-state index >= 15 is 0 Å². The molecule has 3 heterocycles. The van der Waals surface area contributed by atoms with Crippen LogP contribution in [0.2, 0.25) is 0 Å². The second kappa shape index (κ2) is 8.76. The Bertz CT molecular complexity index is 916. The fraction of sp³-hybridized carbons (Fsp3) is 0.619. The van der Waals surface area contributed by atoms with Gasteiger partial charge < -0.3 is 15.0 Å². The first-order valence-electron chi connectivity index (χ1n) is 10.8. The third-order valence-electron chi connectivity index (χ3n) is 5.87. The van der Waals surface area contributed by atoms with E-state index in [0.29, 0.717) is 43.6 Å². The summed E-state index contributed by atoms with van der Waals surface area (Å²) in [6, 6.07) is 3.49. The van der Waals surface area contributed by atoms with Crippen LogP contribution in [0.1, 0.15) is 51.1 Å². The Morgan fingerprint density at radius 1 is 1.19 bits per heavy atom. The van der Waals surface area contributed by atoms with Crippen LogP contribution >= 0.6 is 0 Å². The van der Waals surface area contributed by atoms with Gasteiger partial charge in [0.25, 0.3) is 0 Å². The molecule has 1 saturated carbocycles. The van der Waals surface area contributed by atoms with E-state index in [1.807, 2.05) is 17.9 Å². The third kappa shape index (κ3) is 5.48. The van der Waals surface area contributed by atoms with Crippen molar-refractivity contribution in [2.45, 2.75) is 70.4 Å². The van der Waals surface area contributed by atoms with Gasteiger partial charge in [0.15, 0.2) is 5.82 Å². The van der Waals surface area contributed by atoms with E-state index in [1.54, 1.807) is 23.9 Å². The zero-order valence-electron chi connectivity index (χ0n) is 17.9. The quantitative estimate of drug-likeness (QED) is 0.777. The Morgan fingerprint density at radius 3 is 2.52 bits per heavy atom. The molecular formula is C21H28F2N6O2. The summed E-state index contributed by atoms with van der Waals surface area (Å²) in [5.41, 5.74) is 0.849. The molecule has 0 bridgehead atoms. The summed E-state index contributed by atoms with van der Waals surface area (Å²) in [6.45, 7) is 4.76. The van der Waals surface area contributed by atoms with Crippen molar-refractivity contribution in [3.63, 3.8) is 0 Å². The molecule has 2 aromatic heterocycles. The molecule has 0 atom stereocenters. The van der Waals surface area contributed by atoms with Crippen molar-refractivity contribution < 1.29 is 18.3 Å². The smallest absolute Gasteiger partial charge is 0.248 e. The summed E-state index contributed by atoms with van der Waals surface area (Å²) < 4.78 is 34.7. The van der Waals surface area contributed by atoms with Crippen molar-refractivity contribution >= 4 is 11.9 Å². The molecule has 2 aliphatic rings. The lowest BCUT2D eigenvalue weighted by molar-refractivity contribution is -0.130. The van der Waals surface area contributed by atoms with Crippen molar-refractivity contribution in [2.24, 2.45) is 0 Å². The summed E-state index contributed by atoms with van der Waals surface area (Å²) in [6.07, 6.45) is 3.64. The first kappa shape index (κ1) is 21.5. The number of piperidine rings is 1. The van der Waals surface area contributed by atoms with Gasteiger partial charge in [-0.3, -0.25) is 4.79 Å². The van der Waals surface area contributed by atoms with Crippen LogP contribution in [0.25, 0.3) is 5.82 Å². The number of hydrogen-bond acceptors (Lipinski definition) is 6. The normalized spacial score (nSPS) is 19.9. The third-order valence-corrected chi connectivity index (χ3v) is 5.87. The van der Waals surface area contributed by atoms with Crippen LogP contribution in [0.15, 0.2) is 18.3 Å². The molecule has 1 aliphatic carbocycles. The van der Waals surface area contributed by atoms with Crippen molar-refractivity contribution in [1.29, 1.82) is 0 Å². The predicted molar refractivity (Wildman–Crippen MR) is 111 cm³/mol. The number of ether oxygens (including phenoxy) is 1. The molecule has 2 aromatic rings. The minimum Gasteiger partial charge on any atom is -0.474 e. The summed E-state index contributed by atoms with van der Waals surface area (Å²) >= 11 is 0. The molecule has 1 aliphatic heterocycles. The minimum atomic E-state index is -2.59. The molecule has 1 amide bonds. The van der Waals surface area contributed by atoms with Crippen LogP contribution < -0.4 is 10.1 Å². The molecule has 0 unspecified atom stereocenters. The van der Waals surface area contributed by atoms with Gasteiger partial charge in [0.2, 0.25) is 23.7 Å². The van der Waals surface area contributed by atoms with Gasteiger partial charge in [-0.05, 0) is 25.8 Å². The van der Waals surface area contributed by atoms with Gasteiger partial charge in [-0.1, -0.05) is 0 Å². The highest BCUT2D eigenvalue weighted by molar-refractivity contribution is 5.73. The molecule has 1 saturated heterocycles. The van der Waals surface area contributed by atoms with Gasteiger partial charge in [0.05, 0.1) is 5.69 Å². The Hall–Kier alpha value is -2.78. The fourth-order valence-corrected chi connectivity index (χ4v) is 4.02. The molecule has 0 radical (unpaired) electrons. The largest absolute Gasteiger partial charge is 0.474 e. The zero-order chi connectivity index (χ0) is 22.0. The molecule has 8 nitrogen and oxygen atoms in total. The molecule has 31 heavy (non-hydrogen) atoms. The summed E-state index contributed by atoms with van der Waals surface area (Å²) in [7, 11) is 0. The summed E-state index contributed by atoms with van der Waals surface area (Å²) in [5.74, 6) is -1.22. The Kier molecular flexibility index (Phi) is 6.06. The van der Waals surface area contributed by atoms with E-state index in [1.165, 1.54) is 0 Å². The van der Waals surface area contributed by atoms with Crippen molar-refractivity contribution in [3.05, 3.63) is 24.0 Å². The van der Waals surface area contributed by atoms with Crippen LogP contribution in [0.3, 0.4) is 0 Å². The van der Waals surface area contributed by atoms with E-state index in [9.17, 15) is 13.6 Å². The van der Waals surface area contributed by atoms with Crippen LogP contribution in [0.5, 0.6) is 5.88 Å². The average Bonchev–Trinajstić information content (AvgIpc) is 3.16. The number of hydrogen-bond donors (Lipinski definition) is 1. The number of carbonyl (C=O) groups is 1. The average molecular weight is 434 g/mol. The molecule has 0 spiro atoms. The van der Waals surface area contributed by atoms with E-state index in [2.05, 4.69) is 20.4 Å². The van der Waals surface area contributed by atoms with E-state index < -0.39 is 5.92 Å². The molecule has 2 fully saturated rings. The fourth-order valence-electron chi connectivity index (χ4n) is 4.02. The van der Waals surface area contributed by atoms with Crippen LogP contribution in [-0.2, 0) is 4.79 Å². The van der Waals surface area contributed by atoms with Gasteiger partial charge in [0, 0.05) is 64.0 Å². The zero-order valence-corrected chi connectivity index (χ0v) is 17.9. The number of halogens is 2. The van der Waals surface area contributed by atoms with Crippen molar-refractivity contribution in [1.82, 2.24) is 24.6 Å². The first-order chi connectivity index (χ1) is 14.8. The van der Waals surface area contributed by atoms with Crippen molar-refractivity contribution in [3.8, 4) is 11.7 Å². The highest BCUT2D eigenvalue weighted by atomic mass is 19.3. The van der Waals surface area contributed by atoms with E-state index in [0.717, 1.165) is 18.5 Å². The lowest BCUT2D eigenvalue weighted by Gasteiger charge is -2.31. The van der Waals surface area contributed by atoms with Crippen LogP contribution in [0, 0.1) is 6.92 Å².